The number of nitrogens with zero attached hydrogens (tertiary/aromatic N) is 1. The Morgan fingerprint density at radius 1 is 1.06 bits per heavy atom. The summed E-state index contributed by atoms with van der Waals surface area (Å²) in [5.74, 6) is -2.82. The normalized spacial score (nSPS) is 22.4. The van der Waals surface area contributed by atoms with E-state index < -0.39 is 41.5 Å². The second-order valence-electron chi connectivity index (χ2n) is 8.76. The van der Waals surface area contributed by atoms with Crippen LogP contribution in [0.2, 0.25) is 0 Å². The first-order chi connectivity index (χ1) is 14.9. The van der Waals surface area contributed by atoms with Crippen molar-refractivity contribution in [3.05, 3.63) is 23.8 Å². The molecule has 0 saturated carbocycles. The lowest BCUT2D eigenvalue weighted by atomic mass is 9.83. The van der Waals surface area contributed by atoms with Gasteiger partial charge in [0.2, 0.25) is 0 Å². The quantitative estimate of drug-likeness (QED) is 0.329. The summed E-state index contributed by atoms with van der Waals surface area (Å²) in [6.07, 6.45) is 4.46. The molecule has 1 heterocycles. The van der Waals surface area contributed by atoms with Crippen molar-refractivity contribution in [3.63, 3.8) is 0 Å². The van der Waals surface area contributed by atoms with Gasteiger partial charge < -0.3 is 18.9 Å². The van der Waals surface area contributed by atoms with E-state index in [2.05, 4.69) is 0 Å². The number of carbonyl (C=O) groups is 4. The lowest BCUT2D eigenvalue weighted by Crippen LogP contribution is -2.46. The average Bonchev–Trinajstić information content (AvgIpc) is 3.10. The fourth-order valence-electron chi connectivity index (χ4n) is 3.62. The molecule has 0 bridgehead atoms. The molecule has 1 amide bonds. The SMILES string of the molecule is COC(=O)C[C@H]1[C@@H](/C(C)=C/C=C/[C@@H](C)C(=O)OC)CN(C(=O)OC(C)(C)C)[C@@H]1C(=O)OC. The zero-order chi connectivity index (χ0) is 24.6. The predicted octanol–water partition coefficient (Wildman–Crippen LogP) is 2.89. The standard InChI is InChI=1S/C23H35NO8/c1-14(10-9-11-15(2)20(26)30-7)17-13-24(22(28)32-23(3,4)5)19(21(27)31-8)16(17)12-18(25)29-6/h9-11,15-17,19H,12-13H2,1-8H3/b11-9+,14-10+/t15-,16+,17-,19+/m1/s1. The van der Waals surface area contributed by atoms with E-state index in [4.69, 9.17) is 18.9 Å². The van der Waals surface area contributed by atoms with Crippen LogP contribution in [0.5, 0.6) is 0 Å². The van der Waals surface area contributed by atoms with Crippen molar-refractivity contribution in [1.29, 1.82) is 0 Å². The van der Waals surface area contributed by atoms with Gasteiger partial charge in [-0.25, -0.2) is 9.59 Å². The maximum Gasteiger partial charge on any atom is 0.411 e. The van der Waals surface area contributed by atoms with Crippen molar-refractivity contribution >= 4 is 24.0 Å². The lowest BCUT2D eigenvalue weighted by Gasteiger charge is -2.28. The highest BCUT2D eigenvalue weighted by Gasteiger charge is 2.50. The number of allylic oxidation sites excluding steroid dienone is 2. The predicted molar refractivity (Wildman–Crippen MR) is 116 cm³/mol. The van der Waals surface area contributed by atoms with E-state index in [0.717, 1.165) is 5.57 Å². The fourth-order valence-corrected chi connectivity index (χ4v) is 3.62. The van der Waals surface area contributed by atoms with Crippen molar-refractivity contribution in [2.24, 2.45) is 17.8 Å². The second-order valence-corrected chi connectivity index (χ2v) is 8.76. The van der Waals surface area contributed by atoms with Gasteiger partial charge in [0.05, 0.1) is 33.7 Å². The van der Waals surface area contributed by atoms with Crippen LogP contribution in [0.15, 0.2) is 23.8 Å². The summed E-state index contributed by atoms with van der Waals surface area (Å²) in [4.78, 5) is 50.5. The molecule has 180 valence electrons. The molecule has 1 saturated heterocycles. The molecule has 0 aromatic heterocycles. The van der Waals surface area contributed by atoms with Crippen LogP contribution < -0.4 is 0 Å². The number of esters is 3. The molecule has 9 heteroatoms. The van der Waals surface area contributed by atoms with Gasteiger partial charge in [-0.1, -0.05) is 23.8 Å². The molecule has 0 radical (unpaired) electrons. The molecule has 1 fully saturated rings. The van der Waals surface area contributed by atoms with Gasteiger partial charge in [-0.15, -0.1) is 0 Å². The fraction of sp³-hybridized carbons (Fsp3) is 0.652. The van der Waals surface area contributed by atoms with E-state index in [1.807, 2.05) is 6.92 Å². The molecule has 0 N–H and O–H groups in total. The summed E-state index contributed by atoms with van der Waals surface area (Å²) >= 11 is 0. The third-order valence-corrected chi connectivity index (χ3v) is 5.27. The van der Waals surface area contributed by atoms with Gasteiger partial charge in [-0.2, -0.15) is 0 Å². The van der Waals surface area contributed by atoms with Gasteiger partial charge in [-0.3, -0.25) is 14.5 Å². The molecule has 0 aromatic rings. The smallest absolute Gasteiger partial charge is 0.411 e. The van der Waals surface area contributed by atoms with Crippen LogP contribution in [-0.4, -0.2) is 68.4 Å². The first kappa shape index (κ1) is 27.2. The molecule has 0 spiro atoms. The first-order valence-electron chi connectivity index (χ1n) is 10.4. The number of hydrogen-bond donors (Lipinski definition) is 0. The number of ether oxygens (including phenoxy) is 4. The minimum absolute atomic E-state index is 0.0757. The van der Waals surface area contributed by atoms with Crippen LogP contribution in [-0.2, 0) is 33.3 Å². The van der Waals surface area contributed by atoms with Gasteiger partial charge in [-0.05, 0) is 34.6 Å². The number of rotatable bonds is 7. The number of hydrogen-bond acceptors (Lipinski definition) is 8. The van der Waals surface area contributed by atoms with E-state index >= 15 is 0 Å². The van der Waals surface area contributed by atoms with Crippen LogP contribution >= 0.6 is 0 Å². The lowest BCUT2D eigenvalue weighted by molar-refractivity contribution is -0.149. The zero-order valence-corrected chi connectivity index (χ0v) is 20.2. The maximum atomic E-state index is 12.9. The monoisotopic (exact) mass is 453 g/mol. The van der Waals surface area contributed by atoms with Gasteiger partial charge in [0.1, 0.15) is 11.6 Å². The Balaban J connectivity index is 3.30. The highest BCUT2D eigenvalue weighted by Crippen LogP contribution is 2.38. The summed E-state index contributed by atoms with van der Waals surface area (Å²) in [6, 6.07) is -1.000. The van der Waals surface area contributed by atoms with Crippen LogP contribution in [0.3, 0.4) is 0 Å². The topological polar surface area (TPSA) is 108 Å². The molecular weight excluding hydrogens is 418 g/mol. The Bertz CT molecular complexity index is 764. The number of carbonyl (C=O) groups excluding carboxylic acids is 4. The van der Waals surface area contributed by atoms with Crippen molar-refractivity contribution < 1.29 is 38.1 Å². The van der Waals surface area contributed by atoms with Crippen LogP contribution in [0, 0.1) is 17.8 Å². The maximum absolute atomic E-state index is 12.9. The Morgan fingerprint density at radius 3 is 2.19 bits per heavy atom. The zero-order valence-electron chi connectivity index (χ0n) is 20.2. The van der Waals surface area contributed by atoms with Crippen LogP contribution in [0.1, 0.15) is 41.0 Å². The van der Waals surface area contributed by atoms with E-state index in [-0.39, 0.29) is 24.9 Å². The molecule has 32 heavy (non-hydrogen) atoms. The summed E-state index contributed by atoms with van der Waals surface area (Å²) in [5.41, 5.74) is 0.0675. The Labute approximate surface area is 189 Å². The van der Waals surface area contributed by atoms with Gasteiger partial charge in [0, 0.05) is 18.4 Å². The number of methoxy groups -OCH3 is 3. The van der Waals surface area contributed by atoms with Gasteiger partial charge >= 0.3 is 24.0 Å². The number of amides is 1. The molecule has 4 atom stereocenters. The summed E-state index contributed by atoms with van der Waals surface area (Å²) in [7, 11) is 3.82. The summed E-state index contributed by atoms with van der Waals surface area (Å²) in [6.45, 7) is 8.91. The molecule has 9 nitrogen and oxygen atoms in total. The van der Waals surface area contributed by atoms with Gasteiger partial charge in [0.25, 0.3) is 0 Å². The highest BCUT2D eigenvalue weighted by atomic mass is 16.6. The molecule has 0 unspecified atom stereocenters. The summed E-state index contributed by atoms with van der Waals surface area (Å²) in [5, 5.41) is 0. The van der Waals surface area contributed by atoms with Crippen LogP contribution in [0.4, 0.5) is 4.79 Å². The minimum atomic E-state index is -1.000. The molecule has 1 rings (SSSR count). The highest BCUT2D eigenvalue weighted by molar-refractivity contribution is 5.84. The Kier molecular flexibility index (Phi) is 9.93. The molecule has 1 aliphatic rings. The van der Waals surface area contributed by atoms with Crippen molar-refractivity contribution in [3.8, 4) is 0 Å². The Hall–Kier alpha value is -2.84. The summed E-state index contributed by atoms with van der Waals surface area (Å²) < 4.78 is 20.0. The molecular formula is C23H35NO8. The van der Waals surface area contributed by atoms with Gasteiger partial charge in [0.15, 0.2) is 0 Å². The van der Waals surface area contributed by atoms with E-state index in [9.17, 15) is 19.2 Å². The molecule has 0 aromatic carbocycles. The third kappa shape index (κ3) is 7.39. The third-order valence-electron chi connectivity index (χ3n) is 5.27. The molecule has 0 aliphatic carbocycles. The largest absolute Gasteiger partial charge is 0.469 e. The van der Waals surface area contributed by atoms with Crippen molar-refractivity contribution in [2.45, 2.75) is 52.7 Å². The first-order valence-corrected chi connectivity index (χ1v) is 10.4. The minimum Gasteiger partial charge on any atom is -0.469 e. The number of likely N-dealkylation sites (tertiary alicyclic amines) is 1. The second kappa shape index (κ2) is 11.7. The van der Waals surface area contributed by atoms with Crippen molar-refractivity contribution in [1.82, 2.24) is 4.90 Å². The van der Waals surface area contributed by atoms with E-state index in [0.29, 0.717) is 0 Å². The average molecular weight is 454 g/mol. The molecule has 1 aliphatic heterocycles. The Morgan fingerprint density at radius 2 is 1.69 bits per heavy atom. The van der Waals surface area contributed by atoms with Crippen molar-refractivity contribution in [2.75, 3.05) is 27.9 Å². The van der Waals surface area contributed by atoms with E-state index in [1.54, 1.807) is 45.9 Å². The van der Waals surface area contributed by atoms with Crippen LogP contribution in [0.25, 0.3) is 0 Å². The van der Waals surface area contributed by atoms with E-state index in [1.165, 1.54) is 26.2 Å².